The first-order valence-electron chi connectivity index (χ1n) is 12.9. The van der Waals surface area contributed by atoms with Crippen LogP contribution in [0.15, 0.2) is 12.4 Å². The Balaban J connectivity index is 0.817. The van der Waals surface area contributed by atoms with Gasteiger partial charge >= 0.3 is 6.03 Å². The van der Waals surface area contributed by atoms with Crippen LogP contribution in [-0.2, 0) is 11.1 Å². The van der Waals surface area contributed by atoms with E-state index in [4.69, 9.17) is 5.10 Å². The zero-order valence-corrected chi connectivity index (χ0v) is 20.1. The Morgan fingerprint density at radius 3 is 2.38 bits per heavy atom. The summed E-state index contributed by atoms with van der Waals surface area (Å²) < 4.78 is 4.22. The molecule has 9 rings (SSSR count). The predicted octanol–water partition coefficient (Wildman–Crippen LogP) is 2.34. The number of rotatable bonds is 4. The summed E-state index contributed by atoms with van der Waals surface area (Å²) in [6, 6.07) is 2.78. The molecule has 5 saturated carbocycles. The normalized spacial score (nSPS) is 34.7. The Labute approximate surface area is 199 Å². The molecule has 180 valence electrons. The minimum Gasteiger partial charge on any atom is -0.382 e. The van der Waals surface area contributed by atoms with Crippen molar-refractivity contribution in [2.75, 3.05) is 26.2 Å². The van der Waals surface area contributed by atoms with Gasteiger partial charge in [-0.2, -0.15) is 10.2 Å². The Bertz CT molecular complexity index is 1190. The van der Waals surface area contributed by atoms with E-state index in [0.29, 0.717) is 23.2 Å². The second-order valence-corrected chi connectivity index (χ2v) is 12.8. The van der Waals surface area contributed by atoms with Crippen LogP contribution in [0.4, 0.5) is 4.79 Å². The molecule has 9 nitrogen and oxygen atoms in total. The van der Waals surface area contributed by atoms with Crippen LogP contribution in [-0.4, -0.2) is 71.7 Å². The lowest BCUT2D eigenvalue weighted by atomic mass is 9.35. The number of hydrogen-bond donors (Lipinski definition) is 1. The molecule has 0 aromatic carbocycles. The molecule has 7 fully saturated rings. The Morgan fingerprint density at radius 2 is 1.76 bits per heavy atom. The standard InChI is InChI=1S/C25H33N7O2/c1-16-5-17(2)32(27-16)24-10-23(11-24,12-24)18-8-29(9-18)21(33)30-13-22(14-30)6-19(7-22)31-15-26-20(28-31)25(34)3-4-25/h5,15,18-19,34H,3-4,6-14H2,1-2H3. The van der Waals surface area contributed by atoms with Crippen LogP contribution in [0, 0.1) is 30.6 Å². The van der Waals surface area contributed by atoms with Crippen molar-refractivity contribution in [2.24, 2.45) is 16.7 Å². The van der Waals surface area contributed by atoms with E-state index >= 15 is 0 Å². The van der Waals surface area contributed by atoms with E-state index in [-0.39, 0.29) is 17.0 Å². The van der Waals surface area contributed by atoms with Gasteiger partial charge in [0.1, 0.15) is 11.9 Å². The first kappa shape index (κ1) is 19.8. The molecule has 0 atom stereocenters. The summed E-state index contributed by atoms with van der Waals surface area (Å²) in [6.07, 6.45) is 9.14. The van der Waals surface area contributed by atoms with Gasteiger partial charge in [-0.25, -0.2) is 14.5 Å². The summed E-state index contributed by atoms with van der Waals surface area (Å²) in [6.45, 7) is 7.87. The number of aromatic nitrogens is 5. The van der Waals surface area contributed by atoms with Gasteiger partial charge in [0.05, 0.1) is 17.3 Å². The van der Waals surface area contributed by atoms with Crippen molar-refractivity contribution in [2.45, 2.75) is 76.0 Å². The molecule has 34 heavy (non-hydrogen) atoms. The van der Waals surface area contributed by atoms with Gasteiger partial charge in [-0.05, 0) is 70.3 Å². The fraction of sp³-hybridized carbons (Fsp3) is 0.760. The average Bonchev–Trinajstić information content (AvgIpc) is 3.04. The first-order chi connectivity index (χ1) is 16.2. The van der Waals surface area contributed by atoms with E-state index in [1.807, 2.05) is 9.58 Å². The highest BCUT2D eigenvalue weighted by molar-refractivity contribution is 5.76. The largest absolute Gasteiger partial charge is 0.382 e. The fourth-order valence-electron chi connectivity index (χ4n) is 8.09. The molecule has 1 spiro atoms. The highest BCUT2D eigenvalue weighted by Gasteiger charge is 2.73. The summed E-state index contributed by atoms with van der Waals surface area (Å²) >= 11 is 0. The molecule has 7 aliphatic rings. The summed E-state index contributed by atoms with van der Waals surface area (Å²) in [5.74, 6) is 1.25. The molecular weight excluding hydrogens is 430 g/mol. The van der Waals surface area contributed by atoms with E-state index in [2.05, 4.69) is 39.6 Å². The molecule has 2 saturated heterocycles. The lowest BCUT2D eigenvalue weighted by molar-refractivity contribution is -0.246. The Hall–Kier alpha value is -2.42. The number of amides is 2. The van der Waals surface area contributed by atoms with Crippen LogP contribution in [0.5, 0.6) is 0 Å². The molecule has 0 unspecified atom stereocenters. The summed E-state index contributed by atoms with van der Waals surface area (Å²) in [5.41, 5.74) is 2.64. The molecule has 2 aromatic heterocycles. The SMILES string of the molecule is Cc1cc(C)n(C23CC(C4CN(C(=O)N5CC6(CC(n7cnc(C8(O)CC8)n7)C6)C5)C4)(C2)C3)n1. The maximum atomic E-state index is 13.0. The van der Waals surface area contributed by atoms with Crippen LogP contribution >= 0.6 is 0 Å². The molecule has 4 heterocycles. The topological polar surface area (TPSA) is 92.3 Å². The van der Waals surface area contributed by atoms with E-state index in [1.54, 1.807) is 6.33 Å². The zero-order chi connectivity index (χ0) is 23.1. The van der Waals surface area contributed by atoms with Gasteiger partial charge in [0.15, 0.2) is 5.82 Å². The Morgan fingerprint density at radius 1 is 1.06 bits per heavy atom. The van der Waals surface area contributed by atoms with Crippen molar-refractivity contribution in [3.05, 3.63) is 29.6 Å². The number of urea groups is 1. The number of likely N-dealkylation sites (tertiary alicyclic amines) is 2. The second-order valence-electron chi connectivity index (χ2n) is 12.8. The quantitative estimate of drug-likeness (QED) is 0.751. The van der Waals surface area contributed by atoms with Gasteiger partial charge in [0.25, 0.3) is 0 Å². The minimum absolute atomic E-state index is 0.240. The number of carbonyl (C=O) groups is 1. The molecule has 2 aromatic rings. The van der Waals surface area contributed by atoms with Crippen LogP contribution in [0.1, 0.15) is 68.2 Å². The van der Waals surface area contributed by atoms with Crippen molar-refractivity contribution in [1.82, 2.24) is 34.3 Å². The highest BCUT2D eigenvalue weighted by Crippen LogP contribution is 2.75. The Kier molecular flexibility index (Phi) is 3.42. The van der Waals surface area contributed by atoms with E-state index in [1.165, 1.54) is 25.0 Å². The number of carbonyl (C=O) groups excluding carboxylic acids is 1. The van der Waals surface area contributed by atoms with Gasteiger partial charge < -0.3 is 14.9 Å². The molecule has 0 radical (unpaired) electrons. The smallest absolute Gasteiger partial charge is 0.320 e. The maximum absolute atomic E-state index is 13.0. The lowest BCUT2D eigenvalue weighted by Gasteiger charge is -2.75. The summed E-state index contributed by atoms with van der Waals surface area (Å²) in [5, 5.41) is 19.5. The molecule has 9 heteroatoms. The monoisotopic (exact) mass is 463 g/mol. The minimum atomic E-state index is -0.765. The lowest BCUT2D eigenvalue weighted by Crippen LogP contribution is -2.76. The summed E-state index contributed by atoms with van der Waals surface area (Å²) in [4.78, 5) is 21.5. The van der Waals surface area contributed by atoms with Crippen LogP contribution in [0.3, 0.4) is 0 Å². The van der Waals surface area contributed by atoms with Crippen molar-refractivity contribution in [3.8, 4) is 0 Å². The van der Waals surface area contributed by atoms with E-state index in [9.17, 15) is 9.90 Å². The molecule has 5 aliphatic carbocycles. The van der Waals surface area contributed by atoms with Crippen LogP contribution in [0.25, 0.3) is 0 Å². The molecule has 2 aliphatic heterocycles. The molecule has 2 bridgehead atoms. The third-order valence-electron chi connectivity index (χ3n) is 10.2. The van der Waals surface area contributed by atoms with Gasteiger partial charge in [0.2, 0.25) is 0 Å². The maximum Gasteiger partial charge on any atom is 0.320 e. The van der Waals surface area contributed by atoms with Gasteiger partial charge in [-0.1, -0.05) is 0 Å². The number of aliphatic hydroxyl groups is 1. The number of hydrogen-bond acceptors (Lipinski definition) is 5. The predicted molar refractivity (Wildman–Crippen MR) is 122 cm³/mol. The van der Waals surface area contributed by atoms with E-state index in [0.717, 1.165) is 57.6 Å². The molecular formula is C25H33N7O2. The van der Waals surface area contributed by atoms with Gasteiger partial charge in [-0.15, -0.1) is 0 Å². The van der Waals surface area contributed by atoms with E-state index < -0.39 is 5.60 Å². The summed E-state index contributed by atoms with van der Waals surface area (Å²) in [7, 11) is 0. The highest BCUT2D eigenvalue weighted by atomic mass is 16.3. The van der Waals surface area contributed by atoms with Crippen molar-refractivity contribution in [1.29, 1.82) is 0 Å². The second kappa shape index (κ2) is 5.86. The third kappa shape index (κ3) is 2.44. The van der Waals surface area contributed by atoms with Crippen molar-refractivity contribution >= 4 is 6.03 Å². The first-order valence-corrected chi connectivity index (χ1v) is 12.9. The fourth-order valence-corrected chi connectivity index (χ4v) is 8.09. The zero-order valence-electron chi connectivity index (χ0n) is 20.1. The van der Waals surface area contributed by atoms with Gasteiger partial charge in [0, 0.05) is 43.2 Å². The third-order valence-corrected chi connectivity index (χ3v) is 10.2. The molecule has 1 N–H and O–H groups in total. The van der Waals surface area contributed by atoms with Crippen molar-refractivity contribution in [3.63, 3.8) is 0 Å². The number of nitrogens with zero attached hydrogens (tertiary/aromatic N) is 7. The van der Waals surface area contributed by atoms with Crippen LogP contribution < -0.4 is 0 Å². The van der Waals surface area contributed by atoms with Crippen LogP contribution in [0.2, 0.25) is 0 Å². The number of aryl methyl sites for hydroxylation is 2. The van der Waals surface area contributed by atoms with Gasteiger partial charge in [-0.3, -0.25) is 4.68 Å². The van der Waals surface area contributed by atoms with Crippen molar-refractivity contribution < 1.29 is 9.90 Å². The molecule has 2 amide bonds. The average molecular weight is 464 g/mol.